The Hall–Kier alpha value is -1.86. The first-order valence-electron chi connectivity index (χ1n) is 7.65. The molecular weight excluding hydrogens is 342 g/mol. The standard InChI is InChI=1S/C17H19N3O2S2/c1-9-11(3)24-17-15(9)16(19-12(4)20-17)23-8-14(21)18-10(2)13-6-5-7-22-13/h5-7,10H,8H2,1-4H3,(H,18,21)/t10-/m0/s1. The van der Waals surface area contributed by atoms with Crippen LogP contribution >= 0.6 is 23.1 Å². The monoisotopic (exact) mass is 361 g/mol. The van der Waals surface area contributed by atoms with E-state index in [0.717, 1.165) is 26.8 Å². The van der Waals surface area contributed by atoms with E-state index in [4.69, 9.17) is 4.42 Å². The van der Waals surface area contributed by atoms with Gasteiger partial charge in [-0.05, 0) is 45.4 Å². The molecule has 0 unspecified atom stereocenters. The molecule has 0 fully saturated rings. The number of rotatable bonds is 5. The summed E-state index contributed by atoms with van der Waals surface area (Å²) in [6.45, 7) is 7.95. The minimum Gasteiger partial charge on any atom is -0.467 e. The Morgan fingerprint density at radius 1 is 1.38 bits per heavy atom. The largest absolute Gasteiger partial charge is 0.467 e. The lowest BCUT2D eigenvalue weighted by molar-refractivity contribution is -0.119. The van der Waals surface area contributed by atoms with Crippen molar-refractivity contribution in [2.75, 3.05) is 5.75 Å². The molecule has 0 bridgehead atoms. The number of nitrogens with one attached hydrogen (secondary N) is 1. The SMILES string of the molecule is Cc1nc(SCC(=O)N[C@@H](C)c2ccco2)c2c(C)c(C)sc2n1. The Balaban J connectivity index is 1.72. The number of amides is 1. The van der Waals surface area contributed by atoms with Crippen molar-refractivity contribution >= 4 is 39.2 Å². The molecule has 0 aliphatic carbocycles. The molecule has 126 valence electrons. The molecule has 0 saturated heterocycles. The van der Waals surface area contributed by atoms with Crippen LogP contribution in [-0.2, 0) is 4.79 Å². The van der Waals surface area contributed by atoms with Gasteiger partial charge in [0.2, 0.25) is 5.91 Å². The van der Waals surface area contributed by atoms with Crippen LogP contribution in [0.2, 0.25) is 0 Å². The molecule has 1 atom stereocenters. The van der Waals surface area contributed by atoms with E-state index in [1.165, 1.54) is 22.2 Å². The Labute approximate surface area is 148 Å². The summed E-state index contributed by atoms with van der Waals surface area (Å²) in [5.41, 5.74) is 1.20. The molecule has 0 aliphatic rings. The van der Waals surface area contributed by atoms with Crippen molar-refractivity contribution in [1.29, 1.82) is 0 Å². The summed E-state index contributed by atoms with van der Waals surface area (Å²) in [7, 11) is 0. The van der Waals surface area contributed by atoms with Gasteiger partial charge < -0.3 is 9.73 Å². The molecule has 3 heterocycles. The lowest BCUT2D eigenvalue weighted by Crippen LogP contribution is -2.27. The minimum absolute atomic E-state index is 0.0436. The molecule has 1 N–H and O–H groups in total. The van der Waals surface area contributed by atoms with Crippen LogP contribution in [-0.4, -0.2) is 21.6 Å². The lowest BCUT2D eigenvalue weighted by Gasteiger charge is -2.11. The number of hydrogen-bond donors (Lipinski definition) is 1. The van der Waals surface area contributed by atoms with Gasteiger partial charge in [-0.1, -0.05) is 11.8 Å². The topological polar surface area (TPSA) is 68.0 Å². The Bertz CT molecular complexity index is 872. The second-order valence-corrected chi connectivity index (χ2v) is 7.80. The van der Waals surface area contributed by atoms with Gasteiger partial charge in [0.15, 0.2) is 0 Å². The highest BCUT2D eigenvalue weighted by molar-refractivity contribution is 8.00. The minimum atomic E-state index is -0.148. The third kappa shape index (κ3) is 3.47. The van der Waals surface area contributed by atoms with Crippen LogP contribution in [0.25, 0.3) is 10.2 Å². The van der Waals surface area contributed by atoms with Crippen molar-refractivity contribution in [3.8, 4) is 0 Å². The van der Waals surface area contributed by atoms with Gasteiger partial charge in [0.05, 0.1) is 18.1 Å². The van der Waals surface area contributed by atoms with E-state index in [9.17, 15) is 4.79 Å². The van der Waals surface area contributed by atoms with Crippen molar-refractivity contribution in [3.63, 3.8) is 0 Å². The highest BCUT2D eigenvalue weighted by atomic mass is 32.2. The quantitative estimate of drug-likeness (QED) is 0.545. The van der Waals surface area contributed by atoms with E-state index < -0.39 is 0 Å². The summed E-state index contributed by atoms with van der Waals surface area (Å²) < 4.78 is 5.31. The maximum Gasteiger partial charge on any atom is 0.230 e. The van der Waals surface area contributed by atoms with Crippen LogP contribution in [0.1, 0.15) is 35.0 Å². The molecular formula is C17H19N3O2S2. The lowest BCUT2D eigenvalue weighted by atomic mass is 10.2. The summed E-state index contributed by atoms with van der Waals surface area (Å²) in [6, 6.07) is 3.52. The maximum absolute atomic E-state index is 12.2. The van der Waals surface area contributed by atoms with Crippen LogP contribution in [0.5, 0.6) is 0 Å². The van der Waals surface area contributed by atoms with Gasteiger partial charge in [0, 0.05) is 10.3 Å². The first-order chi connectivity index (χ1) is 11.5. The molecule has 24 heavy (non-hydrogen) atoms. The fourth-order valence-electron chi connectivity index (χ4n) is 2.44. The molecule has 3 aromatic rings. The average Bonchev–Trinajstić information content (AvgIpc) is 3.14. The second kappa shape index (κ2) is 6.94. The van der Waals surface area contributed by atoms with Gasteiger partial charge in [-0.2, -0.15) is 0 Å². The first-order valence-corrected chi connectivity index (χ1v) is 9.46. The molecule has 0 aromatic carbocycles. The van der Waals surface area contributed by atoms with E-state index in [2.05, 4.69) is 29.1 Å². The Kier molecular flexibility index (Phi) is 4.91. The number of hydrogen-bond acceptors (Lipinski definition) is 6. The Morgan fingerprint density at radius 2 is 2.17 bits per heavy atom. The number of carbonyl (C=O) groups excluding carboxylic acids is 1. The van der Waals surface area contributed by atoms with Crippen LogP contribution in [0.3, 0.4) is 0 Å². The van der Waals surface area contributed by atoms with Crippen LogP contribution in [0.15, 0.2) is 27.8 Å². The summed E-state index contributed by atoms with van der Waals surface area (Å²) in [5, 5.41) is 4.89. The summed E-state index contributed by atoms with van der Waals surface area (Å²) in [6.07, 6.45) is 1.61. The molecule has 0 spiro atoms. The number of fused-ring (bicyclic) bond motifs is 1. The third-order valence-corrected chi connectivity index (χ3v) is 5.87. The molecule has 3 aromatic heterocycles. The number of thiophene rings is 1. The van der Waals surface area contributed by atoms with E-state index in [1.807, 2.05) is 26.0 Å². The number of furan rings is 1. The average molecular weight is 361 g/mol. The maximum atomic E-state index is 12.2. The molecule has 0 aliphatic heterocycles. The zero-order chi connectivity index (χ0) is 17.3. The zero-order valence-electron chi connectivity index (χ0n) is 14.0. The van der Waals surface area contributed by atoms with Gasteiger partial charge in [0.1, 0.15) is 21.4 Å². The number of nitrogens with zero attached hydrogens (tertiary/aromatic N) is 2. The van der Waals surface area contributed by atoms with Crippen LogP contribution < -0.4 is 5.32 Å². The molecule has 0 radical (unpaired) electrons. The van der Waals surface area contributed by atoms with Crippen molar-refractivity contribution in [2.24, 2.45) is 0 Å². The fourth-order valence-corrected chi connectivity index (χ4v) is 4.53. The number of thioether (sulfide) groups is 1. The molecule has 1 amide bonds. The van der Waals surface area contributed by atoms with E-state index >= 15 is 0 Å². The normalized spacial score (nSPS) is 12.5. The number of carbonyl (C=O) groups is 1. The van der Waals surface area contributed by atoms with Gasteiger partial charge in [-0.25, -0.2) is 9.97 Å². The third-order valence-electron chi connectivity index (χ3n) is 3.79. The highest BCUT2D eigenvalue weighted by Gasteiger charge is 2.16. The summed E-state index contributed by atoms with van der Waals surface area (Å²) in [5.74, 6) is 1.75. The smallest absolute Gasteiger partial charge is 0.230 e. The summed E-state index contributed by atoms with van der Waals surface area (Å²) in [4.78, 5) is 23.5. The van der Waals surface area contributed by atoms with E-state index in [0.29, 0.717) is 5.75 Å². The summed E-state index contributed by atoms with van der Waals surface area (Å²) >= 11 is 3.12. The highest BCUT2D eigenvalue weighted by Crippen LogP contribution is 2.35. The fraction of sp³-hybridized carbons (Fsp3) is 0.353. The van der Waals surface area contributed by atoms with Gasteiger partial charge in [0.25, 0.3) is 0 Å². The van der Waals surface area contributed by atoms with E-state index in [-0.39, 0.29) is 11.9 Å². The molecule has 5 nitrogen and oxygen atoms in total. The predicted octanol–water partition coefficient (Wildman–Crippen LogP) is 4.18. The molecule has 3 rings (SSSR count). The Morgan fingerprint density at radius 3 is 2.88 bits per heavy atom. The number of aromatic nitrogens is 2. The number of aryl methyl sites for hydroxylation is 3. The van der Waals surface area contributed by atoms with Crippen LogP contribution in [0, 0.1) is 20.8 Å². The van der Waals surface area contributed by atoms with Gasteiger partial charge in [-0.3, -0.25) is 4.79 Å². The zero-order valence-corrected chi connectivity index (χ0v) is 15.7. The second-order valence-electron chi connectivity index (χ2n) is 5.63. The van der Waals surface area contributed by atoms with Crippen LogP contribution in [0.4, 0.5) is 0 Å². The van der Waals surface area contributed by atoms with Gasteiger partial charge in [-0.15, -0.1) is 11.3 Å². The molecule has 7 heteroatoms. The first kappa shape index (κ1) is 17.0. The van der Waals surface area contributed by atoms with Gasteiger partial charge >= 0.3 is 0 Å². The van der Waals surface area contributed by atoms with Crippen molar-refractivity contribution in [2.45, 2.75) is 38.8 Å². The molecule has 0 saturated carbocycles. The van der Waals surface area contributed by atoms with Crippen molar-refractivity contribution < 1.29 is 9.21 Å². The predicted molar refractivity (Wildman–Crippen MR) is 97.6 cm³/mol. The van der Waals surface area contributed by atoms with E-state index in [1.54, 1.807) is 17.6 Å². The van der Waals surface area contributed by atoms with Crippen molar-refractivity contribution in [1.82, 2.24) is 15.3 Å². The van der Waals surface area contributed by atoms with Crippen molar-refractivity contribution in [3.05, 3.63) is 40.4 Å².